The Balaban J connectivity index is 1.84. The standard InChI is InChI=1S/C18H24N2O4/c1-3-10-20(11-14-4-5-14)17(22)12-24-18(23)15-6-8-16(9-7-15)19-13(2)21/h6-9,14H,3-5,10-12H2,1-2H3,(H,19,21). The third-order valence-electron chi connectivity index (χ3n) is 3.79. The highest BCUT2D eigenvalue weighted by Gasteiger charge is 2.26. The Kier molecular flexibility index (Phi) is 6.35. The van der Waals surface area contributed by atoms with Gasteiger partial charge in [0.05, 0.1) is 5.56 Å². The molecule has 0 aliphatic heterocycles. The van der Waals surface area contributed by atoms with Gasteiger partial charge in [0.25, 0.3) is 5.91 Å². The Morgan fingerprint density at radius 2 is 1.88 bits per heavy atom. The lowest BCUT2D eigenvalue weighted by Gasteiger charge is -2.21. The molecule has 6 nitrogen and oxygen atoms in total. The van der Waals surface area contributed by atoms with E-state index in [-0.39, 0.29) is 18.4 Å². The van der Waals surface area contributed by atoms with Crippen LogP contribution in [0.3, 0.4) is 0 Å². The minimum Gasteiger partial charge on any atom is -0.452 e. The van der Waals surface area contributed by atoms with E-state index in [9.17, 15) is 14.4 Å². The van der Waals surface area contributed by atoms with E-state index in [1.54, 1.807) is 29.2 Å². The van der Waals surface area contributed by atoms with Crippen LogP contribution in [0.2, 0.25) is 0 Å². The van der Waals surface area contributed by atoms with Gasteiger partial charge in [-0.15, -0.1) is 0 Å². The maximum Gasteiger partial charge on any atom is 0.338 e. The van der Waals surface area contributed by atoms with Crippen molar-refractivity contribution in [3.8, 4) is 0 Å². The summed E-state index contributed by atoms with van der Waals surface area (Å²) in [4.78, 5) is 37.0. The van der Waals surface area contributed by atoms with Crippen LogP contribution in [-0.2, 0) is 14.3 Å². The van der Waals surface area contributed by atoms with Gasteiger partial charge in [-0.05, 0) is 49.4 Å². The lowest BCUT2D eigenvalue weighted by atomic mass is 10.2. The molecule has 0 atom stereocenters. The summed E-state index contributed by atoms with van der Waals surface area (Å²) in [6.45, 7) is 4.65. The Morgan fingerprint density at radius 3 is 2.42 bits per heavy atom. The summed E-state index contributed by atoms with van der Waals surface area (Å²) >= 11 is 0. The highest BCUT2D eigenvalue weighted by Crippen LogP contribution is 2.29. The van der Waals surface area contributed by atoms with Crippen molar-refractivity contribution in [2.75, 3.05) is 25.0 Å². The highest BCUT2D eigenvalue weighted by molar-refractivity contribution is 5.93. The van der Waals surface area contributed by atoms with Crippen molar-refractivity contribution < 1.29 is 19.1 Å². The first-order chi connectivity index (χ1) is 11.5. The maximum atomic E-state index is 12.2. The number of carbonyl (C=O) groups excluding carboxylic acids is 3. The number of ether oxygens (including phenoxy) is 1. The molecule has 1 aliphatic carbocycles. The number of amides is 2. The number of esters is 1. The minimum atomic E-state index is -0.541. The van der Waals surface area contributed by atoms with Gasteiger partial charge < -0.3 is 15.0 Å². The van der Waals surface area contributed by atoms with Crippen LogP contribution >= 0.6 is 0 Å². The molecule has 0 heterocycles. The average Bonchev–Trinajstić information content (AvgIpc) is 3.36. The number of nitrogens with one attached hydrogen (secondary N) is 1. The smallest absolute Gasteiger partial charge is 0.338 e. The van der Waals surface area contributed by atoms with E-state index in [2.05, 4.69) is 5.32 Å². The van der Waals surface area contributed by atoms with Gasteiger partial charge in [-0.2, -0.15) is 0 Å². The van der Waals surface area contributed by atoms with Crippen LogP contribution in [0.15, 0.2) is 24.3 Å². The number of rotatable bonds is 8. The minimum absolute atomic E-state index is 0.146. The summed E-state index contributed by atoms with van der Waals surface area (Å²) in [6, 6.07) is 6.37. The van der Waals surface area contributed by atoms with Crippen molar-refractivity contribution in [3.63, 3.8) is 0 Å². The van der Waals surface area contributed by atoms with Gasteiger partial charge in [0, 0.05) is 25.7 Å². The molecule has 0 bridgehead atoms. The maximum absolute atomic E-state index is 12.2. The number of nitrogens with zero attached hydrogens (tertiary/aromatic N) is 1. The molecule has 24 heavy (non-hydrogen) atoms. The molecule has 1 saturated carbocycles. The Labute approximate surface area is 142 Å². The Bertz CT molecular complexity index is 594. The zero-order valence-corrected chi connectivity index (χ0v) is 14.2. The zero-order chi connectivity index (χ0) is 17.5. The summed E-state index contributed by atoms with van der Waals surface area (Å²) in [6.07, 6.45) is 3.23. The molecule has 0 spiro atoms. The van der Waals surface area contributed by atoms with E-state index in [1.807, 2.05) is 6.92 Å². The summed E-state index contributed by atoms with van der Waals surface area (Å²) in [5, 5.41) is 2.62. The monoisotopic (exact) mass is 332 g/mol. The van der Waals surface area contributed by atoms with Crippen LogP contribution in [0.25, 0.3) is 0 Å². The van der Waals surface area contributed by atoms with Crippen molar-refractivity contribution in [1.29, 1.82) is 0 Å². The largest absolute Gasteiger partial charge is 0.452 e. The highest BCUT2D eigenvalue weighted by atomic mass is 16.5. The third kappa shape index (κ3) is 5.68. The fourth-order valence-electron chi connectivity index (χ4n) is 2.39. The second-order valence-electron chi connectivity index (χ2n) is 6.12. The van der Waals surface area contributed by atoms with Crippen LogP contribution in [0.5, 0.6) is 0 Å². The fraction of sp³-hybridized carbons (Fsp3) is 0.500. The van der Waals surface area contributed by atoms with Crippen molar-refractivity contribution >= 4 is 23.5 Å². The number of benzene rings is 1. The van der Waals surface area contributed by atoms with Crippen LogP contribution in [-0.4, -0.2) is 42.4 Å². The van der Waals surface area contributed by atoms with Crippen molar-refractivity contribution in [2.24, 2.45) is 5.92 Å². The van der Waals surface area contributed by atoms with E-state index in [4.69, 9.17) is 4.74 Å². The quantitative estimate of drug-likeness (QED) is 0.742. The predicted molar refractivity (Wildman–Crippen MR) is 90.6 cm³/mol. The number of carbonyl (C=O) groups is 3. The van der Waals surface area contributed by atoms with Crippen LogP contribution in [0.4, 0.5) is 5.69 Å². The number of hydrogen-bond donors (Lipinski definition) is 1. The first-order valence-electron chi connectivity index (χ1n) is 8.32. The second kappa shape index (κ2) is 8.47. The first-order valence-corrected chi connectivity index (χ1v) is 8.32. The van der Waals surface area contributed by atoms with Gasteiger partial charge in [0.2, 0.25) is 5.91 Å². The summed E-state index contributed by atoms with van der Waals surface area (Å²) in [5.41, 5.74) is 0.954. The molecule has 130 valence electrons. The normalized spacial score (nSPS) is 13.2. The topological polar surface area (TPSA) is 75.7 Å². The summed E-state index contributed by atoms with van der Waals surface area (Å²) in [7, 11) is 0. The van der Waals surface area contributed by atoms with E-state index in [0.29, 0.717) is 23.7 Å². The Hall–Kier alpha value is -2.37. The molecule has 1 aromatic rings. The molecule has 1 N–H and O–H groups in total. The van der Waals surface area contributed by atoms with E-state index < -0.39 is 5.97 Å². The van der Waals surface area contributed by atoms with E-state index in [1.165, 1.54) is 19.8 Å². The van der Waals surface area contributed by atoms with Crippen molar-refractivity contribution in [1.82, 2.24) is 4.90 Å². The second-order valence-corrected chi connectivity index (χ2v) is 6.12. The molecule has 6 heteroatoms. The molecule has 2 rings (SSSR count). The van der Waals surface area contributed by atoms with Crippen LogP contribution in [0, 0.1) is 5.92 Å². The number of anilines is 1. The van der Waals surface area contributed by atoms with E-state index in [0.717, 1.165) is 13.0 Å². The van der Waals surface area contributed by atoms with Gasteiger partial charge in [0.15, 0.2) is 6.61 Å². The molecular weight excluding hydrogens is 308 g/mol. The summed E-state index contributed by atoms with van der Waals surface area (Å²) < 4.78 is 5.12. The molecule has 1 aromatic carbocycles. The SMILES string of the molecule is CCCN(CC1CC1)C(=O)COC(=O)c1ccc(NC(C)=O)cc1. The van der Waals surface area contributed by atoms with Gasteiger partial charge in [0.1, 0.15) is 0 Å². The van der Waals surface area contributed by atoms with Crippen LogP contribution in [0.1, 0.15) is 43.5 Å². The predicted octanol–water partition coefficient (Wildman–Crippen LogP) is 2.45. The average molecular weight is 332 g/mol. The third-order valence-corrected chi connectivity index (χ3v) is 3.79. The molecule has 0 radical (unpaired) electrons. The molecule has 1 fully saturated rings. The van der Waals surface area contributed by atoms with Gasteiger partial charge >= 0.3 is 5.97 Å². The summed E-state index contributed by atoms with van der Waals surface area (Å²) in [5.74, 6) is -0.257. The van der Waals surface area contributed by atoms with Gasteiger partial charge in [-0.3, -0.25) is 9.59 Å². The lowest BCUT2D eigenvalue weighted by Crippen LogP contribution is -2.36. The van der Waals surface area contributed by atoms with Crippen molar-refractivity contribution in [2.45, 2.75) is 33.1 Å². The molecule has 0 saturated heterocycles. The number of hydrogen-bond acceptors (Lipinski definition) is 4. The van der Waals surface area contributed by atoms with Gasteiger partial charge in [-0.25, -0.2) is 4.79 Å². The van der Waals surface area contributed by atoms with E-state index >= 15 is 0 Å². The Morgan fingerprint density at radius 1 is 1.21 bits per heavy atom. The molecular formula is C18H24N2O4. The van der Waals surface area contributed by atoms with Gasteiger partial charge in [-0.1, -0.05) is 6.92 Å². The van der Waals surface area contributed by atoms with Crippen LogP contribution < -0.4 is 5.32 Å². The molecule has 0 unspecified atom stereocenters. The fourth-order valence-corrected chi connectivity index (χ4v) is 2.39. The molecule has 2 amide bonds. The lowest BCUT2D eigenvalue weighted by molar-refractivity contribution is -0.134. The molecule has 1 aliphatic rings. The first kappa shape index (κ1) is 18.0. The van der Waals surface area contributed by atoms with Crippen molar-refractivity contribution in [3.05, 3.63) is 29.8 Å². The zero-order valence-electron chi connectivity index (χ0n) is 14.2. The molecule has 0 aromatic heterocycles.